The van der Waals surface area contributed by atoms with E-state index in [1.165, 1.54) is 0 Å². The maximum atomic E-state index is 6.04. The van der Waals surface area contributed by atoms with Gasteiger partial charge < -0.3 is 31.9 Å². The lowest BCUT2D eigenvalue weighted by atomic mass is 10.2. The maximum absolute atomic E-state index is 6.04. The predicted octanol–water partition coefficient (Wildman–Crippen LogP) is 4.96. The van der Waals surface area contributed by atoms with Crippen LogP contribution in [0.15, 0.2) is 68.5 Å². The van der Waals surface area contributed by atoms with Gasteiger partial charge in [0.2, 0.25) is 23.8 Å². The zero-order valence-corrected chi connectivity index (χ0v) is 25.2. The SMILES string of the molecule is CN(C)C(=NCCCCCCN=C(/N=C(/N)Nc1ccc(Cl)cc1)N(C)C)/N=C(/N)Nc1ccc(Cl)cc1.Cl. The Kier molecular flexibility index (Phi) is 15.7. The van der Waals surface area contributed by atoms with E-state index in [1.54, 1.807) is 24.3 Å². The van der Waals surface area contributed by atoms with E-state index in [1.807, 2.05) is 62.3 Å². The Hall–Kier alpha value is -3.21. The van der Waals surface area contributed by atoms with Crippen molar-refractivity contribution >= 4 is 70.8 Å². The molecule has 0 atom stereocenters. The first-order valence-electron chi connectivity index (χ1n) is 12.3. The molecule has 0 amide bonds. The molecule has 2 rings (SSSR count). The highest BCUT2D eigenvalue weighted by Crippen LogP contribution is 2.14. The van der Waals surface area contributed by atoms with Crippen molar-refractivity contribution in [2.24, 2.45) is 31.4 Å². The van der Waals surface area contributed by atoms with E-state index in [-0.39, 0.29) is 24.3 Å². The molecule has 0 radical (unpaired) electrons. The number of anilines is 2. The topological polar surface area (TPSA) is 132 Å². The van der Waals surface area contributed by atoms with Gasteiger partial charge in [0.1, 0.15) is 0 Å². The number of nitrogens with zero attached hydrogens (tertiary/aromatic N) is 6. The Morgan fingerprint density at radius 1 is 0.641 bits per heavy atom. The normalized spacial score (nSPS) is 12.6. The van der Waals surface area contributed by atoms with Crippen molar-refractivity contribution in [2.45, 2.75) is 25.7 Å². The van der Waals surface area contributed by atoms with Crippen molar-refractivity contribution in [3.63, 3.8) is 0 Å². The van der Waals surface area contributed by atoms with E-state index in [4.69, 9.17) is 34.7 Å². The molecule has 0 aromatic heterocycles. The first-order valence-corrected chi connectivity index (χ1v) is 13.1. The zero-order valence-electron chi connectivity index (χ0n) is 22.9. The van der Waals surface area contributed by atoms with Crippen LogP contribution in [-0.4, -0.2) is 74.9 Å². The summed E-state index contributed by atoms with van der Waals surface area (Å²) in [5, 5.41) is 7.40. The van der Waals surface area contributed by atoms with Crippen LogP contribution in [0.25, 0.3) is 0 Å². The Balaban J connectivity index is 0.00000760. The lowest BCUT2D eigenvalue weighted by molar-refractivity contribution is 0.595. The fourth-order valence-electron chi connectivity index (χ4n) is 3.12. The van der Waals surface area contributed by atoms with Gasteiger partial charge in [0.15, 0.2) is 0 Å². The number of aliphatic imine (C=N–C) groups is 4. The third-order valence-corrected chi connectivity index (χ3v) is 5.55. The Bertz CT molecular complexity index is 1020. The van der Waals surface area contributed by atoms with E-state index < -0.39 is 0 Å². The number of guanidine groups is 4. The minimum atomic E-state index is 0. The Morgan fingerprint density at radius 2 is 0.974 bits per heavy atom. The molecule has 0 bridgehead atoms. The quantitative estimate of drug-likeness (QED) is 0.183. The number of rotatable bonds is 9. The molecular weight excluding hydrogens is 559 g/mol. The average molecular weight is 598 g/mol. The summed E-state index contributed by atoms with van der Waals surface area (Å²) in [5.74, 6) is 1.65. The molecule has 0 heterocycles. The second-order valence-corrected chi connectivity index (χ2v) is 9.70. The second kappa shape index (κ2) is 18.1. The molecule has 0 unspecified atom stereocenters. The van der Waals surface area contributed by atoms with Crippen LogP contribution in [0.2, 0.25) is 10.0 Å². The van der Waals surface area contributed by atoms with Crippen LogP contribution in [0.3, 0.4) is 0 Å². The lowest BCUT2D eigenvalue weighted by Crippen LogP contribution is -2.29. The van der Waals surface area contributed by atoms with Gasteiger partial charge in [0, 0.05) is 62.7 Å². The van der Waals surface area contributed by atoms with Crippen molar-refractivity contribution in [2.75, 3.05) is 51.9 Å². The van der Waals surface area contributed by atoms with Crippen LogP contribution in [0.1, 0.15) is 25.7 Å². The van der Waals surface area contributed by atoms with Crippen molar-refractivity contribution in [1.82, 2.24) is 9.80 Å². The Labute approximate surface area is 247 Å². The van der Waals surface area contributed by atoms with Gasteiger partial charge in [-0.1, -0.05) is 36.0 Å². The molecule has 39 heavy (non-hydrogen) atoms. The van der Waals surface area contributed by atoms with E-state index in [9.17, 15) is 0 Å². The summed E-state index contributed by atoms with van der Waals surface area (Å²) in [4.78, 5) is 21.7. The molecule has 0 aliphatic rings. The minimum Gasteiger partial charge on any atom is -0.369 e. The number of hydrogen-bond acceptors (Lipinski definition) is 2. The molecule has 0 aliphatic heterocycles. The van der Waals surface area contributed by atoms with Gasteiger partial charge in [-0.15, -0.1) is 12.4 Å². The number of unbranched alkanes of at least 4 members (excludes halogenated alkanes) is 3. The highest BCUT2D eigenvalue weighted by Gasteiger charge is 2.04. The number of hydrogen-bond donors (Lipinski definition) is 4. The summed E-state index contributed by atoms with van der Waals surface area (Å²) in [7, 11) is 7.55. The Morgan fingerprint density at radius 3 is 1.28 bits per heavy atom. The first-order chi connectivity index (χ1) is 18.1. The van der Waals surface area contributed by atoms with Gasteiger partial charge in [-0.05, 0) is 61.4 Å². The molecule has 0 saturated heterocycles. The van der Waals surface area contributed by atoms with Gasteiger partial charge in [0.25, 0.3) is 0 Å². The van der Waals surface area contributed by atoms with Crippen LogP contribution >= 0.6 is 35.6 Å². The zero-order chi connectivity index (χ0) is 27.9. The van der Waals surface area contributed by atoms with Crippen molar-refractivity contribution in [3.05, 3.63) is 58.6 Å². The predicted molar refractivity (Wildman–Crippen MR) is 171 cm³/mol. The second-order valence-electron chi connectivity index (χ2n) is 8.82. The van der Waals surface area contributed by atoms with Gasteiger partial charge >= 0.3 is 0 Å². The smallest absolute Gasteiger partial charge is 0.223 e. The molecular formula is C26H39Cl3N10. The van der Waals surface area contributed by atoms with E-state index in [0.29, 0.717) is 35.1 Å². The largest absolute Gasteiger partial charge is 0.369 e. The van der Waals surface area contributed by atoms with Gasteiger partial charge in [0.05, 0.1) is 0 Å². The lowest BCUT2D eigenvalue weighted by Gasteiger charge is -2.13. The monoisotopic (exact) mass is 596 g/mol. The van der Waals surface area contributed by atoms with Crippen LogP contribution < -0.4 is 22.1 Å². The summed E-state index contributed by atoms with van der Waals surface area (Å²) in [6.07, 6.45) is 3.95. The summed E-state index contributed by atoms with van der Waals surface area (Å²) in [6.45, 7) is 1.32. The molecule has 13 heteroatoms. The van der Waals surface area contributed by atoms with Gasteiger partial charge in [-0.25, -0.2) is 0 Å². The van der Waals surface area contributed by atoms with Crippen molar-refractivity contribution < 1.29 is 0 Å². The molecule has 10 nitrogen and oxygen atoms in total. The number of benzene rings is 2. The number of halogens is 3. The van der Waals surface area contributed by atoms with Crippen molar-refractivity contribution in [1.29, 1.82) is 0 Å². The maximum Gasteiger partial charge on any atom is 0.223 e. The third kappa shape index (κ3) is 13.9. The third-order valence-electron chi connectivity index (χ3n) is 5.05. The fraction of sp³-hybridized carbons (Fsp3) is 0.385. The molecule has 214 valence electrons. The summed E-state index contributed by atoms with van der Waals surface area (Å²) >= 11 is 11.8. The van der Waals surface area contributed by atoms with Gasteiger partial charge in [-0.2, -0.15) is 9.98 Å². The van der Waals surface area contributed by atoms with E-state index >= 15 is 0 Å². The fourth-order valence-corrected chi connectivity index (χ4v) is 3.37. The highest BCUT2D eigenvalue weighted by atomic mass is 35.5. The van der Waals surface area contributed by atoms with Crippen LogP contribution in [0.4, 0.5) is 11.4 Å². The minimum absolute atomic E-state index is 0. The average Bonchev–Trinajstić information content (AvgIpc) is 2.86. The molecule has 0 spiro atoms. The van der Waals surface area contributed by atoms with Gasteiger partial charge in [-0.3, -0.25) is 9.98 Å². The van der Waals surface area contributed by atoms with E-state index in [0.717, 1.165) is 37.1 Å². The van der Waals surface area contributed by atoms with Crippen molar-refractivity contribution in [3.8, 4) is 0 Å². The first kappa shape index (κ1) is 33.8. The standard InChI is InChI=1S/C26H38Cl2N10.ClH/c1-37(2)25(35-23(29)33-21-13-9-19(27)10-14-21)31-17-7-5-6-8-18-32-26(38(3)4)36-24(30)34-22-15-11-20(28)12-16-22;/h9-16H,5-8,17-18H2,1-4H3,(H3,29,31,33,35)(H3,30,32,34,36);1H. The number of nitrogens with two attached hydrogens (primary N) is 2. The summed E-state index contributed by atoms with van der Waals surface area (Å²) < 4.78 is 0. The molecule has 2 aromatic carbocycles. The van der Waals surface area contributed by atoms with Crippen LogP contribution in [0.5, 0.6) is 0 Å². The van der Waals surface area contributed by atoms with Crippen LogP contribution in [0, 0.1) is 0 Å². The summed E-state index contributed by atoms with van der Waals surface area (Å²) in [5.41, 5.74) is 13.7. The number of nitrogens with one attached hydrogen (secondary N) is 2. The molecule has 0 aliphatic carbocycles. The molecule has 0 saturated carbocycles. The summed E-state index contributed by atoms with van der Waals surface area (Å²) in [6, 6.07) is 14.5. The molecule has 0 fully saturated rings. The molecule has 6 N–H and O–H groups in total. The van der Waals surface area contributed by atoms with Crippen LogP contribution in [-0.2, 0) is 0 Å². The highest BCUT2D eigenvalue weighted by molar-refractivity contribution is 6.31. The van der Waals surface area contributed by atoms with E-state index in [2.05, 4.69) is 30.6 Å². The molecule has 2 aromatic rings.